The monoisotopic (exact) mass is 1300 g/mol. The number of rotatable bonds is 22. The number of cyclic esters (lactones) is 1. The number of nitrogens with zero attached hydrogens (tertiary/aromatic N) is 1. The molecule has 0 spiro atoms. The average Bonchev–Trinajstić information content (AvgIpc) is 0.861. The van der Waals surface area contributed by atoms with E-state index in [-0.39, 0.29) is 86.8 Å². The summed E-state index contributed by atoms with van der Waals surface area (Å²) in [6, 6.07) is -3.80. The van der Waals surface area contributed by atoms with Gasteiger partial charge in [-0.05, 0) is 113 Å². The third kappa shape index (κ3) is 24.3. The third-order valence-electron chi connectivity index (χ3n) is 17.7. The average molecular weight is 1310 g/mol. The van der Waals surface area contributed by atoms with Crippen molar-refractivity contribution < 1.29 is 102 Å². The molecule has 3 amide bonds. The Bertz CT molecular complexity index is 2610. The first-order valence-corrected chi connectivity index (χ1v) is 32.8. The maximum absolute atomic E-state index is 14.7. The van der Waals surface area contributed by atoms with Gasteiger partial charge >= 0.3 is 23.9 Å². The number of thioether (sulfide) groups is 1. The summed E-state index contributed by atoms with van der Waals surface area (Å²) in [4.78, 5) is 133. The third-order valence-corrected chi connectivity index (χ3v) is 18.7. The van der Waals surface area contributed by atoms with E-state index in [0.717, 1.165) is 22.2 Å². The number of carbonyl (C=O) groups excluding carboxylic acids is 8. The Morgan fingerprint density at radius 3 is 2.26 bits per heavy atom. The summed E-state index contributed by atoms with van der Waals surface area (Å²) in [6.07, 6.45) is 9.43. The summed E-state index contributed by atoms with van der Waals surface area (Å²) >= 11 is 0.937. The molecule has 3 aliphatic heterocycles. The minimum absolute atomic E-state index is 0.00125. The molecule has 512 valence electrons. The molecular formula is C65H100N4O21S. The van der Waals surface area contributed by atoms with Crippen LogP contribution in [0.1, 0.15) is 138 Å². The standard InChI is InChI=1S/C65H100N4O21S/c1-37-16-12-11-13-17-38(2)51(84-8)32-45-21-19-43(7)65(83,90-45)60(77)62(79)69-25-15-14-18-48(69)64(82)89-52(33-49(70)39(3)29-42(6)58(76)59(86-10)57(75)41(5)28-37)40(4)30-44-20-23-50(53(31-44)85-9)87-26-27-88-56(74)36-91-35-47(61(78)67-34-55(72)73)68-54(71)24-22-46(66)63(80)81/h11-13,16-17,29,37,39-41,43-48,50-53,58-59,76,83H,14-15,18-28,30-36,66H2,1-10H3,(H,67,78)(H,68,71)(H,72,73)(H,80,81)/b13-11?,16-12+,38-17?,42-29+/t37-,39-,40-,41-,43-,44+,45+,46+,47+,48+,50-,51+,52+,53-,58-,59+,65-/m1/s1. The number of ketones is 3. The Labute approximate surface area is 538 Å². The number of amides is 3. The van der Waals surface area contributed by atoms with Crippen LogP contribution in [0.4, 0.5) is 0 Å². The number of carboxylic acid groups (broad SMARTS) is 2. The molecule has 0 aromatic heterocycles. The second kappa shape index (κ2) is 38.5. The summed E-state index contributed by atoms with van der Waals surface area (Å²) in [7, 11) is 4.45. The second-order valence-electron chi connectivity index (χ2n) is 24.9. The van der Waals surface area contributed by atoms with Crippen LogP contribution in [0.3, 0.4) is 0 Å². The number of nitrogens with two attached hydrogens (primary N) is 1. The summed E-state index contributed by atoms with van der Waals surface area (Å²) < 4.78 is 41.4. The SMILES string of the molecule is CO[C@H]1C[C@@H]2CC[C@@H](C)[C@@](O)(O2)C(=O)C(=O)N2CCCC[C@H]2C(=O)O[C@H]([C@H](C)C[C@@H]2CC[C@@H](OCCOC(=O)CSC[C@H](NC(=O)CC[C@H](N)C(=O)O)C(=O)NCC(=O)O)[C@H](OC)C2)CC(=O)[C@H](C)/C=C(\C)[C@@H](O)[C@@H](OC)C(=O)[C@H](C)C[C@H](C)/C=C/C=CC=C1C. The van der Waals surface area contributed by atoms with Gasteiger partial charge in [0.2, 0.25) is 17.6 Å². The van der Waals surface area contributed by atoms with E-state index in [0.29, 0.717) is 63.4 Å². The van der Waals surface area contributed by atoms with Crippen LogP contribution < -0.4 is 16.4 Å². The maximum Gasteiger partial charge on any atom is 0.329 e. The molecule has 17 atom stereocenters. The zero-order valence-electron chi connectivity index (χ0n) is 54.5. The molecule has 0 radical (unpaired) electrons. The Morgan fingerprint density at radius 1 is 0.868 bits per heavy atom. The largest absolute Gasteiger partial charge is 0.480 e. The fraction of sp³-hybridized carbons (Fsp3) is 0.723. The predicted molar refractivity (Wildman–Crippen MR) is 335 cm³/mol. The molecule has 4 rings (SSSR count). The van der Waals surface area contributed by atoms with Gasteiger partial charge in [0.25, 0.3) is 11.7 Å². The number of nitrogens with one attached hydrogen (secondary N) is 2. The Balaban J connectivity index is 1.51. The van der Waals surface area contributed by atoms with E-state index in [2.05, 4.69) is 10.6 Å². The minimum Gasteiger partial charge on any atom is -0.480 e. The molecule has 0 aromatic rings. The van der Waals surface area contributed by atoms with Gasteiger partial charge in [0.1, 0.15) is 55.4 Å². The molecule has 1 aliphatic carbocycles. The van der Waals surface area contributed by atoms with Crippen molar-refractivity contribution in [2.45, 2.75) is 205 Å². The maximum atomic E-state index is 14.7. The van der Waals surface area contributed by atoms with Crippen LogP contribution in [0.2, 0.25) is 0 Å². The fourth-order valence-corrected chi connectivity index (χ4v) is 12.9. The Hall–Kier alpha value is -5.71. The lowest BCUT2D eigenvalue weighted by Crippen LogP contribution is -2.61. The van der Waals surface area contributed by atoms with Crippen LogP contribution in [-0.4, -0.2) is 210 Å². The quantitative estimate of drug-likeness (QED) is 0.0343. The van der Waals surface area contributed by atoms with Crippen LogP contribution in [0.15, 0.2) is 47.6 Å². The molecule has 3 fully saturated rings. The molecule has 0 aromatic carbocycles. The van der Waals surface area contributed by atoms with Crippen molar-refractivity contribution in [3.05, 3.63) is 47.6 Å². The van der Waals surface area contributed by atoms with Crippen molar-refractivity contribution in [3.63, 3.8) is 0 Å². The van der Waals surface area contributed by atoms with E-state index < -0.39 is 144 Å². The van der Waals surface area contributed by atoms with Crippen molar-refractivity contribution >= 4 is 70.7 Å². The molecule has 91 heavy (non-hydrogen) atoms. The lowest BCUT2D eigenvalue weighted by molar-refractivity contribution is -0.265. The number of piperidine rings is 1. The molecular weight excluding hydrogens is 1200 g/mol. The van der Waals surface area contributed by atoms with Crippen molar-refractivity contribution in [2.24, 2.45) is 41.2 Å². The lowest BCUT2D eigenvalue weighted by Gasteiger charge is -2.42. The Kier molecular flexibility index (Phi) is 32.9. The number of hydrogen-bond acceptors (Lipinski definition) is 21. The Morgan fingerprint density at radius 2 is 1.59 bits per heavy atom. The highest BCUT2D eigenvalue weighted by atomic mass is 32.2. The number of hydrogen-bond donors (Lipinski definition) is 7. The number of aliphatic hydroxyl groups excluding tert-OH is 1. The normalized spacial score (nSPS) is 31.7. The molecule has 2 bridgehead atoms. The van der Waals surface area contributed by atoms with Gasteiger partial charge in [0, 0.05) is 70.6 Å². The predicted octanol–water partition coefficient (Wildman–Crippen LogP) is 4.36. The number of Topliss-reactive ketones (excluding diaryl/α,β-unsaturated/α-hetero) is 3. The van der Waals surface area contributed by atoms with Gasteiger partial charge in [-0.1, -0.05) is 71.1 Å². The number of esters is 2. The summed E-state index contributed by atoms with van der Waals surface area (Å²) in [5.74, 6) is -14.1. The highest BCUT2D eigenvalue weighted by Gasteiger charge is 2.53. The first-order valence-electron chi connectivity index (χ1n) is 31.7. The van der Waals surface area contributed by atoms with Crippen LogP contribution in [0.25, 0.3) is 0 Å². The number of fused-ring (bicyclic) bond motifs is 3. The van der Waals surface area contributed by atoms with E-state index in [1.165, 1.54) is 7.11 Å². The van der Waals surface area contributed by atoms with Gasteiger partial charge in [0.15, 0.2) is 5.78 Å². The van der Waals surface area contributed by atoms with Crippen LogP contribution >= 0.6 is 11.8 Å². The molecule has 2 saturated heterocycles. The summed E-state index contributed by atoms with van der Waals surface area (Å²) in [5.41, 5.74) is 6.65. The molecule has 8 N–H and O–H groups in total. The van der Waals surface area contributed by atoms with Gasteiger partial charge in [-0.15, -0.1) is 11.8 Å². The fourth-order valence-electron chi connectivity index (χ4n) is 12.1. The first-order chi connectivity index (χ1) is 43.0. The molecule has 0 unspecified atom stereocenters. The molecule has 25 nitrogen and oxygen atoms in total. The number of aliphatic hydroxyl groups is 2. The number of methoxy groups -OCH3 is 3. The number of aliphatic carboxylic acids is 2. The topological polar surface area (TPSA) is 370 Å². The van der Waals surface area contributed by atoms with E-state index in [1.807, 2.05) is 51.2 Å². The van der Waals surface area contributed by atoms with E-state index in [1.54, 1.807) is 48.0 Å². The van der Waals surface area contributed by atoms with Gasteiger partial charge < -0.3 is 74.9 Å². The summed E-state index contributed by atoms with van der Waals surface area (Å²) in [5, 5.41) is 46.3. The van der Waals surface area contributed by atoms with E-state index >= 15 is 0 Å². The van der Waals surface area contributed by atoms with Crippen molar-refractivity contribution in [1.82, 2.24) is 15.5 Å². The highest BCUT2D eigenvalue weighted by Crippen LogP contribution is 2.38. The molecule has 3 heterocycles. The number of carbonyl (C=O) groups is 10. The zero-order valence-corrected chi connectivity index (χ0v) is 55.3. The lowest BCUT2D eigenvalue weighted by atomic mass is 9.78. The van der Waals surface area contributed by atoms with Crippen molar-refractivity contribution in [1.29, 1.82) is 0 Å². The minimum atomic E-state index is -2.50. The van der Waals surface area contributed by atoms with Crippen LogP contribution in [0, 0.1) is 35.5 Å². The van der Waals surface area contributed by atoms with E-state index in [4.69, 9.17) is 49.1 Å². The molecule has 4 aliphatic rings. The number of allylic oxidation sites excluding steroid dienone is 6. The van der Waals surface area contributed by atoms with Gasteiger partial charge in [0.05, 0.1) is 36.8 Å². The smallest absolute Gasteiger partial charge is 0.329 e. The van der Waals surface area contributed by atoms with Crippen LogP contribution in [0.5, 0.6) is 0 Å². The molecule has 1 saturated carbocycles. The van der Waals surface area contributed by atoms with Gasteiger partial charge in [-0.2, -0.15) is 0 Å². The first kappa shape index (κ1) is 77.7. The highest BCUT2D eigenvalue weighted by molar-refractivity contribution is 8.00. The van der Waals surface area contributed by atoms with Gasteiger partial charge in [-0.25, -0.2) is 4.79 Å². The van der Waals surface area contributed by atoms with E-state index in [9.17, 15) is 58.2 Å². The number of carboxylic acids is 2. The van der Waals surface area contributed by atoms with Crippen molar-refractivity contribution in [2.75, 3.05) is 59.1 Å². The van der Waals surface area contributed by atoms with Crippen molar-refractivity contribution in [3.8, 4) is 0 Å². The zero-order chi connectivity index (χ0) is 67.7. The second-order valence-corrected chi connectivity index (χ2v) is 25.9. The number of ether oxygens (including phenoxy) is 7. The van der Waals surface area contributed by atoms with Gasteiger partial charge in [-0.3, -0.25) is 43.2 Å². The molecule has 26 heteroatoms. The van der Waals surface area contributed by atoms with Crippen LogP contribution in [-0.2, 0) is 81.1 Å². The summed E-state index contributed by atoms with van der Waals surface area (Å²) in [6.45, 7) is 11.6.